The first-order valence-corrected chi connectivity index (χ1v) is 22.8. The van der Waals surface area contributed by atoms with Gasteiger partial charge in [-0.2, -0.15) is 0 Å². The normalized spacial score (nSPS) is 22.9. The zero-order valence-electron chi connectivity index (χ0n) is 37.6. The fraction of sp³-hybridized carbons (Fsp3) is 0.500. The van der Waals surface area contributed by atoms with Gasteiger partial charge in [0.2, 0.25) is 11.8 Å². The average Bonchev–Trinajstić information content (AvgIpc) is 3.86. The Labute approximate surface area is 377 Å². The predicted molar refractivity (Wildman–Crippen MR) is 242 cm³/mol. The maximum atomic E-state index is 13.9. The number of likely N-dealkylation sites (tertiary alicyclic amines) is 2. The lowest BCUT2D eigenvalue weighted by Crippen LogP contribution is -2.54. The number of imidazole rings is 2. The van der Waals surface area contributed by atoms with Crippen molar-refractivity contribution >= 4 is 51.8 Å². The van der Waals surface area contributed by atoms with Crippen molar-refractivity contribution in [2.24, 2.45) is 0 Å². The van der Waals surface area contributed by atoms with Crippen LogP contribution in [0.15, 0.2) is 60.7 Å². The van der Waals surface area contributed by atoms with Gasteiger partial charge >= 0.3 is 12.2 Å². The highest BCUT2D eigenvalue weighted by Crippen LogP contribution is 2.49. The van der Waals surface area contributed by atoms with E-state index < -0.39 is 36.5 Å². The van der Waals surface area contributed by atoms with Crippen molar-refractivity contribution in [1.29, 1.82) is 0 Å². The number of hydrogen-bond acceptors (Lipinski definition) is 10. The minimum absolute atomic E-state index is 0.0452. The molecular weight excluding hydrogens is 831 g/mol. The Morgan fingerprint density at radius 3 is 1.57 bits per heavy atom. The molecule has 3 saturated heterocycles. The lowest BCUT2D eigenvalue weighted by Gasteiger charge is -2.33. The fourth-order valence-electron chi connectivity index (χ4n) is 10.3. The Morgan fingerprint density at radius 1 is 0.646 bits per heavy atom. The molecule has 0 bridgehead atoms. The summed E-state index contributed by atoms with van der Waals surface area (Å²) in [6.07, 6.45) is 4.08. The van der Waals surface area contributed by atoms with E-state index in [1.54, 1.807) is 23.6 Å². The molecule has 4 amide bonds. The van der Waals surface area contributed by atoms with Gasteiger partial charge in [0.1, 0.15) is 23.7 Å². The van der Waals surface area contributed by atoms with Crippen LogP contribution in [0.1, 0.15) is 124 Å². The highest BCUT2D eigenvalue weighted by atomic mass is 16.5. The van der Waals surface area contributed by atoms with E-state index in [0.717, 1.165) is 71.0 Å². The number of nitrogens with one attached hydrogen (secondary N) is 4. The Morgan fingerprint density at radius 2 is 1.12 bits per heavy atom. The number of carbonyl (C=O) groups excluding carboxylic acids is 3. The molecule has 5 heterocycles. The quantitative estimate of drug-likeness (QED) is 0.0756. The topological polar surface area (TPSA) is 207 Å². The molecule has 0 radical (unpaired) electrons. The number of hydrogen-bond donors (Lipinski definition) is 5. The smallest absolute Gasteiger partial charge is 0.407 e. The van der Waals surface area contributed by atoms with E-state index in [9.17, 15) is 24.3 Å². The minimum atomic E-state index is -1.28. The van der Waals surface area contributed by atoms with Gasteiger partial charge in [-0.3, -0.25) is 9.59 Å². The van der Waals surface area contributed by atoms with Crippen LogP contribution >= 0.6 is 0 Å². The van der Waals surface area contributed by atoms with Gasteiger partial charge in [0.25, 0.3) is 0 Å². The number of benzene rings is 3. The number of fused-ring (bicyclic) bond motifs is 2. The molecule has 5 aromatic rings. The first-order valence-electron chi connectivity index (χ1n) is 22.8. The van der Waals surface area contributed by atoms with Crippen molar-refractivity contribution in [1.82, 2.24) is 40.4 Å². The molecule has 4 aliphatic rings. The second kappa shape index (κ2) is 18.4. The minimum Gasteiger partial charge on any atom is -0.465 e. The van der Waals surface area contributed by atoms with Gasteiger partial charge in [-0.25, -0.2) is 19.6 Å². The van der Waals surface area contributed by atoms with E-state index >= 15 is 0 Å². The van der Waals surface area contributed by atoms with Gasteiger partial charge in [0, 0.05) is 33.0 Å². The molecular formula is C48H59N9O8. The van der Waals surface area contributed by atoms with Gasteiger partial charge in [-0.15, -0.1) is 0 Å². The number of methoxy groups -OCH3 is 3. The molecule has 3 aromatic carbocycles. The van der Waals surface area contributed by atoms with Gasteiger partial charge in [0.15, 0.2) is 0 Å². The summed E-state index contributed by atoms with van der Waals surface area (Å²) in [5, 5.41) is 14.5. The maximum absolute atomic E-state index is 13.9. The zero-order chi connectivity index (χ0) is 45.5. The van der Waals surface area contributed by atoms with Crippen molar-refractivity contribution < 1.29 is 38.5 Å². The lowest BCUT2D eigenvalue weighted by atomic mass is 10.0. The summed E-state index contributed by atoms with van der Waals surface area (Å²) in [5.41, 5.74) is 8.19. The Kier molecular flexibility index (Phi) is 12.4. The van der Waals surface area contributed by atoms with E-state index in [1.807, 2.05) is 0 Å². The third kappa shape index (κ3) is 8.70. The predicted octanol–water partition coefficient (Wildman–Crippen LogP) is 7.16. The molecule has 3 aliphatic heterocycles. The number of aromatic amines is 2. The van der Waals surface area contributed by atoms with Crippen LogP contribution in [0.3, 0.4) is 0 Å². The standard InChI is InChI=1S/C48H59N9O8/c1-26(63-3)41(53-47(60)61)45(58)55-22-6-8-39(55)43-49-33-18-14-30(24-35(33)51-43)37-20-21-38(57(37)32-16-12-29(13-17-32)28-10-11-28)31-15-19-34-36(25-31)52-44(50-34)40-9-7-23-56(40)46(59)42(27(2)64-4)54-48(62)65-5/h12-19,24-28,37-42,53H,6-11,20-23H2,1-5H3,(H,49,51)(H,50,52)(H,54,62)(H,60,61)/t26-,27?,37+,38+,39+,40+,41+,42+/m1/s1. The highest BCUT2D eigenvalue weighted by molar-refractivity contribution is 5.88. The summed E-state index contributed by atoms with van der Waals surface area (Å²) in [6, 6.07) is 19.4. The van der Waals surface area contributed by atoms with Crippen molar-refractivity contribution in [2.75, 3.05) is 39.3 Å². The van der Waals surface area contributed by atoms with Crippen LogP contribution in [0.5, 0.6) is 0 Å². The number of H-pyrrole nitrogens is 2. The van der Waals surface area contributed by atoms with Crippen LogP contribution in [0, 0.1) is 0 Å². The number of anilines is 1. The number of aromatic nitrogens is 4. The van der Waals surface area contributed by atoms with Crippen LogP contribution in [0.2, 0.25) is 0 Å². The molecule has 0 spiro atoms. The molecule has 1 aliphatic carbocycles. The van der Waals surface area contributed by atoms with E-state index in [1.165, 1.54) is 39.7 Å². The number of carboxylic acid groups (broad SMARTS) is 1. The van der Waals surface area contributed by atoms with Crippen LogP contribution in [0.25, 0.3) is 22.1 Å². The van der Waals surface area contributed by atoms with E-state index in [4.69, 9.17) is 24.2 Å². The van der Waals surface area contributed by atoms with Crippen molar-refractivity contribution in [3.8, 4) is 0 Å². The second-order valence-corrected chi connectivity index (χ2v) is 18.0. The number of carbonyl (C=O) groups is 4. The lowest BCUT2D eigenvalue weighted by molar-refractivity contribution is -0.138. The first-order chi connectivity index (χ1) is 31.5. The maximum Gasteiger partial charge on any atom is 0.407 e. The molecule has 8 atom stereocenters. The van der Waals surface area contributed by atoms with Gasteiger partial charge in [0.05, 0.1) is 65.6 Å². The van der Waals surface area contributed by atoms with Crippen molar-refractivity contribution in [2.45, 2.75) is 120 Å². The van der Waals surface area contributed by atoms with Crippen LogP contribution in [0.4, 0.5) is 15.3 Å². The Hall–Kier alpha value is -6.20. The van der Waals surface area contributed by atoms with Gasteiger partial charge in [-0.05, 0) is 124 Å². The summed E-state index contributed by atoms with van der Waals surface area (Å²) in [6.45, 7) is 4.45. The summed E-state index contributed by atoms with van der Waals surface area (Å²) in [4.78, 5) is 74.8. The molecule has 65 heavy (non-hydrogen) atoms. The van der Waals surface area contributed by atoms with Crippen LogP contribution in [-0.4, -0.2) is 118 Å². The third-order valence-electron chi connectivity index (χ3n) is 14.1. The average molecular weight is 890 g/mol. The Bertz CT molecular complexity index is 2560. The monoisotopic (exact) mass is 889 g/mol. The van der Waals surface area contributed by atoms with E-state index in [2.05, 4.69) is 86.2 Å². The SMILES string of the molecule is COC(=O)N[C@H](C(=O)N1CCC[C@H]1c1nc2cc([C@@H]3CC[C@@H](c4ccc5[nH]c([C@@H]6CCCN6C(=O)[C@@H](NC(=O)O)[C@@H](C)OC)nc5c4)N3c3ccc(C4CC4)cc3)ccc2[nH]1)C(C)OC. The number of ether oxygens (including phenoxy) is 3. The first kappa shape index (κ1) is 44.0. The molecule has 17 nitrogen and oxygen atoms in total. The number of rotatable bonds is 14. The summed E-state index contributed by atoms with van der Waals surface area (Å²) in [7, 11) is 4.24. The largest absolute Gasteiger partial charge is 0.465 e. The molecule has 1 unspecified atom stereocenters. The molecule has 1 saturated carbocycles. The van der Waals surface area contributed by atoms with E-state index in [-0.39, 0.29) is 36.0 Å². The van der Waals surface area contributed by atoms with Gasteiger partial charge < -0.3 is 54.6 Å². The summed E-state index contributed by atoms with van der Waals surface area (Å²) < 4.78 is 15.7. The van der Waals surface area contributed by atoms with Gasteiger partial charge in [-0.1, -0.05) is 24.3 Å². The highest BCUT2D eigenvalue weighted by Gasteiger charge is 2.41. The molecule has 2 aromatic heterocycles. The number of amides is 4. The summed E-state index contributed by atoms with van der Waals surface area (Å²) in [5.74, 6) is 1.45. The zero-order valence-corrected chi connectivity index (χ0v) is 37.6. The molecule has 17 heteroatoms. The van der Waals surface area contributed by atoms with Crippen molar-refractivity contribution in [3.63, 3.8) is 0 Å². The molecule has 4 fully saturated rings. The van der Waals surface area contributed by atoms with Crippen LogP contribution in [-0.2, 0) is 23.8 Å². The third-order valence-corrected chi connectivity index (χ3v) is 14.1. The van der Waals surface area contributed by atoms with E-state index in [0.29, 0.717) is 37.1 Å². The summed E-state index contributed by atoms with van der Waals surface area (Å²) >= 11 is 0. The number of nitrogens with zero attached hydrogens (tertiary/aromatic N) is 5. The fourth-order valence-corrected chi connectivity index (χ4v) is 10.3. The number of alkyl carbamates (subject to hydrolysis) is 1. The molecule has 344 valence electrons. The van der Waals surface area contributed by atoms with Crippen molar-refractivity contribution in [3.05, 3.63) is 89.0 Å². The Balaban J connectivity index is 0.995. The van der Waals surface area contributed by atoms with Crippen LogP contribution < -0.4 is 15.5 Å². The molecule has 9 rings (SSSR count). The molecule has 5 N–H and O–H groups in total. The second-order valence-electron chi connectivity index (χ2n) is 18.0.